The van der Waals surface area contributed by atoms with Gasteiger partial charge < -0.3 is 14.4 Å². The van der Waals surface area contributed by atoms with Crippen molar-refractivity contribution in [3.63, 3.8) is 0 Å². The molecule has 1 heterocycles. The molecule has 5 nitrogen and oxygen atoms in total. The van der Waals surface area contributed by atoms with Gasteiger partial charge in [-0.2, -0.15) is 0 Å². The standard InChI is InChI=1S/C15H24N2O3.ClH/c1-5-13-14(8-7-12(2)16-13)20-11-15(18)19-10-6-9-17(3)4;/h7-8H,5-6,9-11H2,1-4H3;1H. The minimum Gasteiger partial charge on any atom is -0.480 e. The molecule has 0 aromatic carbocycles. The van der Waals surface area contributed by atoms with Gasteiger partial charge in [0, 0.05) is 12.2 Å². The second kappa shape index (κ2) is 10.4. The van der Waals surface area contributed by atoms with E-state index in [4.69, 9.17) is 9.47 Å². The van der Waals surface area contributed by atoms with Crippen LogP contribution in [-0.4, -0.2) is 49.7 Å². The van der Waals surface area contributed by atoms with Crippen molar-refractivity contribution >= 4 is 18.4 Å². The van der Waals surface area contributed by atoms with Crippen LogP contribution in [-0.2, 0) is 16.0 Å². The molecule has 1 aromatic heterocycles. The van der Waals surface area contributed by atoms with Crippen LogP contribution < -0.4 is 4.74 Å². The van der Waals surface area contributed by atoms with E-state index in [9.17, 15) is 4.79 Å². The fourth-order valence-electron chi connectivity index (χ4n) is 1.73. The van der Waals surface area contributed by atoms with Gasteiger partial charge in [0.05, 0.1) is 12.3 Å². The molecule has 0 saturated heterocycles. The molecule has 0 aliphatic carbocycles. The number of nitrogens with zero attached hydrogens (tertiary/aromatic N) is 2. The summed E-state index contributed by atoms with van der Waals surface area (Å²) in [6.45, 7) is 5.19. The summed E-state index contributed by atoms with van der Waals surface area (Å²) in [7, 11) is 3.98. The Morgan fingerprint density at radius 2 is 2.05 bits per heavy atom. The van der Waals surface area contributed by atoms with Crippen molar-refractivity contribution in [3.8, 4) is 5.75 Å². The number of rotatable bonds is 8. The van der Waals surface area contributed by atoms with E-state index in [1.165, 1.54) is 0 Å². The van der Waals surface area contributed by atoms with Crippen molar-refractivity contribution in [2.24, 2.45) is 0 Å². The highest BCUT2D eigenvalue weighted by atomic mass is 35.5. The first-order valence-electron chi connectivity index (χ1n) is 6.92. The van der Waals surface area contributed by atoms with E-state index in [-0.39, 0.29) is 25.0 Å². The van der Waals surface area contributed by atoms with Crippen molar-refractivity contribution in [2.45, 2.75) is 26.7 Å². The topological polar surface area (TPSA) is 51.7 Å². The number of carbonyl (C=O) groups excluding carboxylic acids is 1. The van der Waals surface area contributed by atoms with E-state index in [1.807, 2.05) is 40.1 Å². The molecule has 120 valence electrons. The highest BCUT2D eigenvalue weighted by Gasteiger charge is 2.08. The number of hydrogen-bond acceptors (Lipinski definition) is 5. The highest BCUT2D eigenvalue weighted by Crippen LogP contribution is 2.17. The van der Waals surface area contributed by atoms with E-state index in [0.29, 0.717) is 12.4 Å². The first-order chi connectivity index (χ1) is 9.52. The monoisotopic (exact) mass is 316 g/mol. The zero-order valence-corrected chi connectivity index (χ0v) is 14.0. The number of hydrogen-bond donors (Lipinski definition) is 0. The molecule has 0 fully saturated rings. The summed E-state index contributed by atoms with van der Waals surface area (Å²) in [5, 5.41) is 0. The molecule has 0 saturated carbocycles. The Hall–Kier alpha value is -1.33. The number of carbonyl (C=O) groups is 1. The third kappa shape index (κ3) is 7.87. The maximum atomic E-state index is 11.5. The summed E-state index contributed by atoms with van der Waals surface area (Å²) in [6, 6.07) is 3.72. The van der Waals surface area contributed by atoms with Crippen LogP contribution >= 0.6 is 12.4 Å². The van der Waals surface area contributed by atoms with Gasteiger partial charge >= 0.3 is 5.97 Å². The molecule has 0 aliphatic heterocycles. The predicted molar refractivity (Wildman–Crippen MR) is 85.2 cm³/mol. The third-order valence-corrected chi connectivity index (χ3v) is 2.76. The normalized spacial score (nSPS) is 10.1. The van der Waals surface area contributed by atoms with Crippen LogP contribution in [0.15, 0.2) is 12.1 Å². The number of aromatic nitrogens is 1. The van der Waals surface area contributed by atoms with Gasteiger partial charge in [0.25, 0.3) is 0 Å². The molecule has 0 radical (unpaired) electrons. The van der Waals surface area contributed by atoms with Gasteiger partial charge in [0.2, 0.25) is 0 Å². The van der Waals surface area contributed by atoms with E-state index < -0.39 is 0 Å². The molecule has 0 N–H and O–H groups in total. The van der Waals surface area contributed by atoms with Crippen LogP contribution in [0.2, 0.25) is 0 Å². The van der Waals surface area contributed by atoms with Gasteiger partial charge in [-0.3, -0.25) is 4.98 Å². The minimum atomic E-state index is -0.341. The number of halogens is 1. The summed E-state index contributed by atoms with van der Waals surface area (Å²) in [5.41, 5.74) is 1.81. The summed E-state index contributed by atoms with van der Waals surface area (Å²) in [6.07, 6.45) is 1.60. The molecule has 6 heteroatoms. The SMILES string of the molecule is CCc1nc(C)ccc1OCC(=O)OCCCN(C)C.Cl. The molecular formula is C15H25ClN2O3. The third-order valence-electron chi connectivity index (χ3n) is 2.76. The summed E-state index contributed by atoms with van der Waals surface area (Å²) < 4.78 is 10.6. The molecule has 0 aliphatic rings. The molecule has 0 spiro atoms. The number of aryl methyl sites for hydroxylation is 2. The zero-order valence-electron chi connectivity index (χ0n) is 13.2. The number of ether oxygens (including phenoxy) is 2. The smallest absolute Gasteiger partial charge is 0.344 e. The van der Waals surface area contributed by atoms with Gasteiger partial charge in [-0.05, 0) is 46.0 Å². The predicted octanol–water partition coefficient (Wildman–Crippen LogP) is 2.25. The Kier molecular flexibility index (Phi) is 9.75. The van der Waals surface area contributed by atoms with Crippen molar-refractivity contribution in [2.75, 3.05) is 33.9 Å². The summed E-state index contributed by atoms with van der Waals surface area (Å²) >= 11 is 0. The van der Waals surface area contributed by atoms with Crippen LogP contribution in [0.25, 0.3) is 0 Å². The largest absolute Gasteiger partial charge is 0.480 e. The molecule has 1 rings (SSSR count). The average molecular weight is 317 g/mol. The van der Waals surface area contributed by atoms with E-state index >= 15 is 0 Å². The lowest BCUT2D eigenvalue weighted by molar-refractivity contribution is -0.146. The Labute approximate surface area is 133 Å². The van der Waals surface area contributed by atoms with Crippen LogP contribution in [0.3, 0.4) is 0 Å². The highest BCUT2D eigenvalue weighted by molar-refractivity contribution is 5.85. The summed E-state index contributed by atoms with van der Waals surface area (Å²) in [5.74, 6) is 0.315. The quantitative estimate of drug-likeness (QED) is 0.544. The van der Waals surface area contributed by atoms with Crippen LogP contribution in [0, 0.1) is 6.92 Å². The molecule has 0 atom stereocenters. The first-order valence-corrected chi connectivity index (χ1v) is 6.92. The molecule has 0 amide bonds. The van der Waals surface area contributed by atoms with Crippen LogP contribution in [0.5, 0.6) is 5.75 Å². The second-order valence-corrected chi connectivity index (χ2v) is 4.92. The number of pyridine rings is 1. The maximum Gasteiger partial charge on any atom is 0.344 e. The molecular weight excluding hydrogens is 292 g/mol. The van der Waals surface area contributed by atoms with E-state index in [2.05, 4.69) is 9.88 Å². The molecule has 1 aromatic rings. The fraction of sp³-hybridized carbons (Fsp3) is 0.600. The van der Waals surface area contributed by atoms with Crippen molar-refractivity contribution < 1.29 is 14.3 Å². The van der Waals surface area contributed by atoms with Crippen molar-refractivity contribution in [1.82, 2.24) is 9.88 Å². The first kappa shape index (κ1) is 19.7. The Bertz CT molecular complexity index is 439. The van der Waals surface area contributed by atoms with Gasteiger partial charge in [0.15, 0.2) is 6.61 Å². The molecule has 0 unspecified atom stereocenters. The van der Waals surface area contributed by atoms with Gasteiger partial charge in [-0.25, -0.2) is 4.79 Å². The lowest BCUT2D eigenvalue weighted by Crippen LogP contribution is -2.19. The Morgan fingerprint density at radius 1 is 1.33 bits per heavy atom. The zero-order chi connectivity index (χ0) is 15.0. The minimum absolute atomic E-state index is 0. The van der Waals surface area contributed by atoms with Crippen molar-refractivity contribution in [3.05, 3.63) is 23.5 Å². The molecule has 21 heavy (non-hydrogen) atoms. The summed E-state index contributed by atoms with van der Waals surface area (Å²) in [4.78, 5) is 18.0. The second-order valence-electron chi connectivity index (χ2n) is 4.92. The van der Waals surface area contributed by atoms with Gasteiger partial charge in [-0.1, -0.05) is 6.92 Å². The Morgan fingerprint density at radius 3 is 2.67 bits per heavy atom. The maximum absolute atomic E-state index is 11.5. The van der Waals surface area contributed by atoms with Crippen LogP contribution in [0.1, 0.15) is 24.7 Å². The lowest BCUT2D eigenvalue weighted by Gasteiger charge is -2.11. The van der Waals surface area contributed by atoms with Gasteiger partial charge in [-0.15, -0.1) is 12.4 Å². The van der Waals surface area contributed by atoms with Crippen LogP contribution in [0.4, 0.5) is 0 Å². The average Bonchev–Trinajstić information content (AvgIpc) is 2.41. The molecule has 0 bridgehead atoms. The number of esters is 1. The van der Waals surface area contributed by atoms with E-state index in [0.717, 1.165) is 30.8 Å². The van der Waals surface area contributed by atoms with Gasteiger partial charge in [0.1, 0.15) is 5.75 Å². The van der Waals surface area contributed by atoms with E-state index in [1.54, 1.807) is 0 Å². The lowest BCUT2D eigenvalue weighted by atomic mass is 10.2. The van der Waals surface area contributed by atoms with Crippen molar-refractivity contribution in [1.29, 1.82) is 0 Å². The Balaban J connectivity index is 0.00000400. The fourth-order valence-corrected chi connectivity index (χ4v) is 1.73.